The van der Waals surface area contributed by atoms with E-state index in [2.05, 4.69) is 4.98 Å². The van der Waals surface area contributed by atoms with Gasteiger partial charge in [-0.2, -0.15) is 0 Å². The van der Waals surface area contributed by atoms with Crippen molar-refractivity contribution < 1.29 is 4.79 Å². The minimum atomic E-state index is -0.152. The summed E-state index contributed by atoms with van der Waals surface area (Å²) >= 11 is 0. The number of nitrogens with two attached hydrogens (primary N) is 2. The van der Waals surface area contributed by atoms with Gasteiger partial charge in [0, 0.05) is 17.4 Å². The zero-order valence-corrected chi connectivity index (χ0v) is 9.47. The summed E-state index contributed by atoms with van der Waals surface area (Å²) in [5.41, 5.74) is 13.8. The van der Waals surface area contributed by atoms with E-state index in [1.807, 2.05) is 6.92 Å². The maximum atomic E-state index is 12.3. The Morgan fingerprint density at radius 3 is 2.53 bits per heavy atom. The van der Waals surface area contributed by atoms with E-state index in [4.69, 9.17) is 11.5 Å². The second kappa shape index (κ2) is 4.25. The van der Waals surface area contributed by atoms with Crippen LogP contribution in [0.15, 0.2) is 36.5 Å². The first kappa shape index (κ1) is 11.1. The number of pyridine rings is 1. The molecule has 0 bridgehead atoms. The average molecular weight is 227 g/mol. The van der Waals surface area contributed by atoms with E-state index in [0.29, 0.717) is 16.8 Å². The fourth-order valence-electron chi connectivity index (χ4n) is 1.65. The molecule has 0 aliphatic rings. The summed E-state index contributed by atoms with van der Waals surface area (Å²) in [6, 6.07) is 8.60. The summed E-state index contributed by atoms with van der Waals surface area (Å²) in [6.07, 6.45) is 1.55. The van der Waals surface area contributed by atoms with Crippen molar-refractivity contribution in [2.45, 2.75) is 6.92 Å². The van der Waals surface area contributed by atoms with Gasteiger partial charge in [0.1, 0.15) is 5.82 Å². The molecule has 4 heteroatoms. The first-order chi connectivity index (χ1) is 8.11. The van der Waals surface area contributed by atoms with Crippen LogP contribution in [0.2, 0.25) is 0 Å². The fraction of sp³-hybridized carbons (Fsp3) is 0.0769. The number of anilines is 2. The summed E-state index contributed by atoms with van der Waals surface area (Å²) in [6.45, 7) is 1.81. The number of rotatable bonds is 2. The van der Waals surface area contributed by atoms with Crippen LogP contribution in [0.3, 0.4) is 0 Å². The van der Waals surface area contributed by atoms with Gasteiger partial charge in [-0.3, -0.25) is 4.79 Å². The van der Waals surface area contributed by atoms with Crippen molar-refractivity contribution >= 4 is 17.3 Å². The highest BCUT2D eigenvalue weighted by molar-refractivity contribution is 6.12. The summed E-state index contributed by atoms with van der Waals surface area (Å²) in [7, 11) is 0. The van der Waals surface area contributed by atoms with Crippen LogP contribution in [-0.2, 0) is 0 Å². The van der Waals surface area contributed by atoms with E-state index in [1.54, 1.807) is 36.5 Å². The molecule has 17 heavy (non-hydrogen) atoms. The predicted octanol–water partition coefficient (Wildman–Crippen LogP) is 1.79. The Labute approximate surface area is 99.3 Å². The molecule has 0 unspecified atom stereocenters. The van der Waals surface area contributed by atoms with Gasteiger partial charge in [0.05, 0.1) is 5.56 Å². The van der Waals surface area contributed by atoms with Crippen LogP contribution in [0.1, 0.15) is 21.5 Å². The number of ketones is 1. The summed E-state index contributed by atoms with van der Waals surface area (Å²) < 4.78 is 0. The first-order valence-corrected chi connectivity index (χ1v) is 5.21. The summed E-state index contributed by atoms with van der Waals surface area (Å²) in [5, 5.41) is 0. The van der Waals surface area contributed by atoms with Crippen molar-refractivity contribution in [3.8, 4) is 0 Å². The molecule has 0 atom stereocenters. The van der Waals surface area contributed by atoms with Crippen LogP contribution in [0, 0.1) is 6.92 Å². The molecule has 4 N–H and O–H groups in total. The van der Waals surface area contributed by atoms with Crippen LogP contribution in [0.25, 0.3) is 0 Å². The Bertz CT molecular complexity index is 579. The van der Waals surface area contributed by atoms with Crippen LogP contribution < -0.4 is 11.5 Å². The average Bonchev–Trinajstić information content (AvgIpc) is 2.32. The predicted molar refractivity (Wildman–Crippen MR) is 67.7 cm³/mol. The van der Waals surface area contributed by atoms with Gasteiger partial charge in [0.15, 0.2) is 5.78 Å². The molecule has 0 saturated heterocycles. The molecule has 0 radical (unpaired) electrons. The Kier molecular flexibility index (Phi) is 2.78. The SMILES string of the molecule is Cc1c(N)cccc1C(=O)c1cccnc1N. The molecular weight excluding hydrogens is 214 g/mol. The molecule has 0 spiro atoms. The topological polar surface area (TPSA) is 82.0 Å². The standard InChI is InChI=1S/C13H13N3O/c1-8-9(4-2-6-11(8)14)12(17)10-5-3-7-16-13(10)15/h2-7H,14H2,1H3,(H2,15,16). The van der Waals surface area contributed by atoms with Gasteiger partial charge in [-0.05, 0) is 30.7 Å². The van der Waals surface area contributed by atoms with E-state index < -0.39 is 0 Å². The second-order valence-electron chi connectivity index (χ2n) is 3.79. The van der Waals surface area contributed by atoms with Gasteiger partial charge < -0.3 is 11.5 Å². The Morgan fingerprint density at radius 1 is 1.12 bits per heavy atom. The maximum Gasteiger partial charge on any atom is 0.197 e. The summed E-state index contributed by atoms with van der Waals surface area (Å²) in [4.78, 5) is 16.2. The monoisotopic (exact) mass is 227 g/mol. The first-order valence-electron chi connectivity index (χ1n) is 5.21. The second-order valence-corrected chi connectivity index (χ2v) is 3.79. The molecule has 0 aliphatic heterocycles. The quantitative estimate of drug-likeness (QED) is 0.605. The van der Waals surface area contributed by atoms with E-state index in [1.165, 1.54) is 0 Å². The van der Waals surface area contributed by atoms with E-state index in [-0.39, 0.29) is 11.6 Å². The van der Waals surface area contributed by atoms with Crippen molar-refractivity contribution in [2.24, 2.45) is 0 Å². The number of nitrogens with zero attached hydrogens (tertiary/aromatic N) is 1. The highest BCUT2D eigenvalue weighted by Crippen LogP contribution is 2.20. The van der Waals surface area contributed by atoms with Gasteiger partial charge in [-0.25, -0.2) is 4.98 Å². The van der Waals surface area contributed by atoms with E-state index >= 15 is 0 Å². The summed E-state index contributed by atoms with van der Waals surface area (Å²) in [5.74, 6) is 0.0831. The van der Waals surface area contributed by atoms with E-state index in [0.717, 1.165) is 5.56 Å². The minimum absolute atomic E-state index is 0.152. The molecular formula is C13H13N3O. The molecule has 1 aromatic carbocycles. The third kappa shape index (κ3) is 1.97. The molecule has 0 aliphatic carbocycles. The highest BCUT2D eigenvalue weighted by atomic mass is 16.1. The molecule has 0 saturated carbocycles. The van der Waals surface area contributed by atoms with Crippen molar-refractivity contribution in [3.63, 3.8) is 0 Å². The molecule has 2 rings (SSSR count). The highest BCUT2D eigenvalue weighted by Gasteiger charge is 2.15. The number of hydrogen-bond acceptors (Lipinski definition) is 4. The Hall–Kier alpha value is -2.36. The number of benzene rings is 1. The molecule has 0 fully saturated rings. The third-order valence-corrected chi connectivity index (χ3v) is 2.70. The lowest BCUT2D eigenvalue weighted by Crippen LogP contribution is -2.09. The molecule has 2 aromatic rings. The van der Waals surface area contributed by atoms with Crippen molar-refractivity contribution in [1.82, 2.24) is 4.98 Å². The zero-order valence-electron chi connectivity index (χ0n) is 9.47. The van der Waals surface area contributed by atoms with Gasteiger partial charge in [-0.1, -0.05) is 12.1 Å². The van der Waals surface area contributed by atoms with Gasteiger partial charge in [0.25, 0.3) is 0 Å². The van der Waals surface area contributed by atoms with Crippen LogP contribution >= 0.6 is 0 Å². The fourth-order valence-corrected chi connectivity index (χ4v) is 1.65. The molecule has 4 nitrogen and oxygen atoms in total. The van der Waals surface area contributed by atoms with Crippen LogP contribution in [-0.4, -0.2) is 10.8 Å². The lowest BCUT2D eigenvalue weighted by atomic mass is 9.98. The number of carbonyl (C=O) groups is 1. The number of carbonyl (C=O) groups excluding carboxylic acids is 1. The van der Waals surface area contributed by atoms with Crippen molar-refractivity contribution in [2.75, 3.05) is 11.5 Å². The lowest BCUT2D eigenvalue weighted by Gasteiger charge is -2.08. The Balaban J connectivity index is 2.52. The van der Waals surface area contributed by atoms with Gasteiger partial charge >= 0.3 is 0 Å². The molecule has 1 aromatic heterocycles. The Morgan fingerprint density at radius 2 is 1.82 bits per heavy atom. The largest absolute Gasteiger partial charge is 0.398 e. The van der Waals surface area contributed by atoms with Gasteiger partial charge in [-0.15, -0.1) is 0 Å². The maximum absolute atomic E-state index is 12.3. The smallest absolute Gasteiger partial charge is 0.197 e. The number of aromatic nitrogens is 1. The minimum Gasteiger partial charge on any atom is -0.398 e. The number of hydrogen-bond donors (Lipinski definition) is 2. The zero-order chi connectivity index (χ0) is 12.4. The molecule has 1 heterocycles. The van der Waals surface area contributed by atoms with Crippen LogP contribution in [0.4, 0.5) is 11.5 Å². The molecule has 0 amide bonds. The lowest BCUT2D eigenvalue weighted by molar-refractivity contribution is 0.103. The normalized spacial score (nSPS) is 10.2. The molecule has 86 valence electrons. The van der Waals surface area contributed by atoms with Gasteiger partial charge in [0.2, 0.25) is 0 Å². The van der Waals surface area contributed by atoms with E-state index in [9.17, 15) is 4.79 Å². The third-order valence-electron chi connectivity index (χ3n) is 2.70. The van der Waals surface area contributed by atoms with Crippen molar-refractivity contribution in [1.29, 1.82) is 0 Å². The number of nitrogen functional groups attached to an aromatic ring is 2. The van der Waals surface area contributed by atoms with Crippen molar-refractivity contribution in [3.05, 3.63) is 53.2 Å². The van der Waals surface area contributed by atoms with Crippen LogP contribution in [0.5, 0.6) is 0 Å².